The second-order valence-electron chi connectivity index (χ2n) is 5.68. The average molecular weight is 317 g/mol. The molecule has 0 aliphatic heterocycles. The number of hydrogen-bond acceptors (Lipinski definition) is 4. The van der Waals surface area contributed by atoms with E-state index in [2.05, 4.69) is 11.1 Å². The van der Waals surface area contributed by atoms with Crippen LogP contribution >= 0.6 is 11.8 Å². The summed E-state index contributed by atoms with van der Waals surface area (Å²) in [4.78, 5) is 17.1. The molecule has 1 heterocycles. The third-order valence-corrected chi connectivity index (χ3v) is 5.81. The number of aromatic nitrogens is 1. The summed E-state index contributed by atoms with van der Waals surface area (Å²) in [5.74, 6) is -0.700. The fraction of sp³-hybridized carbons (Fsp3) is 0.412. The number of ether oxygens (including phenoxy) is 1. The Kier molecular flexibility index (Phi) is 4.36. The molecule has 22 heavy (non-hydrogen) atoms. The van der Waals surface area contributed by atoms with Crippen molar-refractivity contribution < 1.29 is 14.6 Å². The topological polar surface area (TPSA) is 59.4 Å². The number of hydrogen-bond donors (Lipinski definition) is 1. The summed E-state index contributed by atoms with van der Waals surface area (Å²) < 4.78 is 4.53. The van der Waals surface area contributed by atoms with E-state index >= 15 is 0 Å². The molecule has 116 valence electrons. The molecule has 0 spiro atoms. The lowest BCUT2D eigenvalue weighted by atomic mass is 9.84. The number of fused-ring (bicyclic) bond motifs is 1. The number of carbonyl (C=O) groups is 1. The van der Waals surface area contributed by atoms with E-state index in [-0.39, 0.29) is 0 Å². The first-order valence-electron chi connectivity index (χ1n) is 7.41. The zero-order valence-corrected chi connectivity index (χ0v) is 13.4. The van der Waals surface area contributed by atoms with E-state index in [4.69, 9.17) is 4.74 Å². The molecule has 1 fully saturated rings. The van der Waals surface area contributed by atoms with E-state index in [0.29, 0.717) is 6.61 Å². The smallest absolute Gasteiger partial charge is 0.320 e. The largest absolute Gasteiger partial charge is 0.480 e. The van der Waals surface area contributed by atoms with Gasteiger partial charge in [0.15, 0.2) is 0 Å². The van der Waals surface area contributed by atoms with Gasteiger partial charge in [-0.15, -0.1) is 11.8 Å². The third-order valence-electron chi connectivity index (χ3n) is 4.24. The molecule has 2 aliphatic rings. The maximum atomic E-state index is 11.6. The molecular weight excluding hydrogens is 298 g/mol. The highest BCUT2D eigenvalue weighted by atomic mass is 32.2. The summed E-state index contributed by atoms with van der Waals surface area (Å²) in [5.41, 5.74) is 3.16. The van der Waals surface area contributed by atoms with Crippen molar-refractivity contribution in [3.8, 4) is 0 Å². The van der Waals surface area contributed by atoms with Gasteiger partial charge in [0.2, 0.25) is 0 Å². The highest BCUT2D eigenvalue weighted by Crippen LogP contribution is 2.49. The van der Waals surface area contributed by atoms with Crippen LogP contribution in [0.2, 0.25) is 0 Å². The minimum atomic E-state index is -0.700. The van der Waals surface area contributed by atoms with Crippen LogP contribution in [0.5, 0.6) is 0 Å². The Bertz CT molecular complexity index is 647. The Labute approximate surface area is 134 Å². The zero-order valence-electron chi connectivity index (χ0n) is 12.5. The van der Waals surface area contributed by atoms with Gasteiger partial charge in [0.25, 0.3) is 0 Å². The van der Waals surface area contributed by atoms with E-state index in [1.54, 1.807) is 13.3 Å². The monoisotopic (exact) mass is 317 g/mol. The number of rotatable bonds is 5. The molecular formula is C17H19NO3S. The normalized spacial score (nSPS) is 18.9. The number of aliphatic carboxylic acids is 1. The van der Waals surface area contributed by atoms with Crippen LogP contribution in [0.1, 0.15) is 30.5 Å². The Morgan fingerprint density at radius 1 is 1.45 bits per heavy atom. The van der Waals surface area contributed by atoms with Gasteiger partial charge in [-0.25, -0.2) is 0 Å². The summed E-state index contributed by atoms with van der Waals surface area (Å²) in [6.45, 7) is 0.575. The Balaban J connectivity index is 1.90. The van der Waals surface area contributed by atoms with Crippen LogP contribution in [0.4, 0.5) is 0 Å². The maximum Gasteiger partial charge on any atom is 0.320 e. The van der Waals surface area contributed by atoms with Gasteiger partial charge in [0.05, 0.1) is 12.3 Å². The molecule has 5 heteroatoms. The summed E-state index contributed by atoms with van der Waals surface area (Å²) in [5, 5.41) is 9.54. The minimum Gasteiger partial charge on any atom is -0.480 e. The van der Waals surface area contributed by atoms with E-state index in [1.807, 2.05) is 18.2 Å². The van der Waals surface area contributed by atoms with Gasteiger partial charge in [0, 0.05) is 18.2 Å². The predicted octanol–water partition coefficient (Wildman–Crippen LogP) is 3.32. The first-order valence-corrected chi connectivity index (χ1v) is 8.23. The first kappa shape index (κ1) is 15.3. The van der Waals surface area contributed by atoms with Crippen LogP contribution in [0, 0.1) is 0 Å². The molecule has 0 bridgehead atoms. The Morgan fingerprint density at radius 2 is 2.27 bits per heavy atom. The number of carboxylic acid groups (broad SMARTS) is 1. The van der Waals surface area contributed by atoms with Crippen molar-refractivity contribution in [1.82, 2.24) is 4.98 Å². The SMILES string of the molecule is COCC1=CCc2c(SC3(C(=O)O)CCC3)ccnc2C=C1. The number of methoxy groups -OCH3 is 1. The van der Waals surface area contributed by atoms with E-state index in [9.17, 15) is 9.90 Å². The number of pyridine rings is 1. The minimum absolute atomic E-state index is 0.575. The van der Waals surface area contributed by atoms with Crippen molar-refractivity contribution in [3.63, 3.8) is 0 Å². The van der Waals surface area contributed by atoms with Crippen molar-refractivity contribution in [2.75, 3.05) is 13.7 Å². The van der Waals surface area contributed by atoms with E-state index < -0.39 is 10.7 Å². The fourth-order valence-electron chi connectivity index (χ4n) is 2.76. The van der Waals surface area contributed by atoms with Crippen molar-refractivity contribution in [3.05, 3.63) is 41.2 Å². The Hall–Kier alpha value is -1.59. The van der Waals surface area contributed by atoms with Gasteiger partial charge < -0.3 is 9.84 Å². The first-order chi connectivity index (χ1) is 10.6. The zero-order chi connectivity index (χ0) is 15.6. The predicted molar refractivity (Wildman–Crippen MR) is 87.0 cm³/mol. The fourth-order valence-corrected chi connectivity index (χ4v) is 4.20. The van der Waals surface area contributed by atoms with Crippen molar-refractivity contribution in [2.24, 2.45) is 0 Å². The molecule has 1 aromatic rings. The van der Waals surface area contributed by atoms with Crippen LogP contribution in [0.3, 0.4) is 0 Å². The van der Waals surface area contributed by atoms with Gasteiger partial charge in [-0.2, -0.15) is 0 Å². The lowest BCUT2D eigenvalue weighted by Gasteiger charge is -2.37. The van der Waals surface area contributed by atoms with Gasteiger partial charge >= 0.3 is 5.97 Å². The number of carboxylic acids is 1. The summed E-state index contributed by atoms with van der Waals surface area (Å²) in [7, 11) is 1.68. The molecule has 1 saturated carbocycles. The van der Waals surface area contributed by atoms with Crippen molar-refractivity contribution in [1.29, 1.82) is 0 Å². The lowest BCUT2D eigenvalue weighted by molar-refractivity contribution is -0.142. The number of nitrogens with zero attached hydrogens (tertiary/aromatic N) is 1. The molecule has 0 radical (unpaired) electrons. The maximum absolute atomic E-state index is 11.6. The van der Waals surface area contributed by atoms with Gasteiger partial charge in [-0.1, -0.05) is 12.2 Å². The van der Waals surface area contributed by atoms with Gasteiger partial charge in [0.1, 0.15) is 4.75 Å². The van der Waals surface area contributed by atoms with E-state index in [1.165, 1.54) is 11.8 Å². The quantitative estimate of drug-likeness (QED) is 0.902. The number of thioether (sulfide) groups is 1. The summed E-state index contributed by atoms with van der Waals surface area (Å²) in [6, 6.07) is 1.94. The van der Waals surface area contributed by atoms with Crippen LogP contribution in [0.25, 0.3) is 6.08 Å². The molecule has 1 aromatic heterocycles. The lowest BCUT2D eigenvalue weighted by Crippen LogP contribution is -2.41. The third kappa shape index (κ3) is 2.83. The van der Waals surface area contributed by atoms with Crippen LogP contribution < -0.4 is 0 Å². The van der Waals surface area contributed by atoms with Crippen LogP contribution in [-0.4, -0.2) is 34.5 Å². The number of allylic oxidation sites excluding steroid dienone is 1. The second-order valence-corrected chi connectivity index (χ2v) is 7.10. The van der Waals surface area contributed by atoms with E-state index in [0.717, 1.165) is 47.4 Å². The highest BCUT2D eigenvalue weighted by Gasteiger charge is 2.45. The van der Waals surface area contributed by atoms with Gasteiger partial charge in [-0.05, 0) is 49.0 Å². The summed E-state index contributed by atoms with van der Waals surface area (Å²) >= 11 is 1.49. The standard InChI is InChI=1S/C17H19NO3S/c1-21-11-12-3-5-13-14(6-4-12)18-10-7-15(13)22-17(16(19)20)8-2-9-17/h3-4,6-7,10H,2,5,8-9,11H2,1H3,(H,19,20). The highest BCUT2D eigenvalue weighted by molar-refractivity contribution is 8.01. The molecule has 0 atom stereocenters. The Morgan fingerprint density at radius 3 is 2.91 bits per heavy atom. The van der Waals surface area contributed by atoms with Crippen molar-refractivity contribution in [2.45, 2.75) is 35.3 Å². The van der Waals surface area contributed by atoms with Crippen molar-refractivity contribution >= 4 is 23.8 Å². The molecule has 1 N–H and O–H groups in total. The van der Waals surface area contributed by atoms with Crippen LogP contribution in [-0.2, 0) is 16.0 Å². The molecule has 0 amide bonds. The molecule has 4 nitrogen and oxygen atoms in total. The second kappa shape index (κ2) is 6.26. The summed E-state index contributed by atoms with van der Waals surface area (Å²) in [6.07, 6.45) is 11.1. The molecule has 3 rings (SSSR count). The molecule has 2 aliphatic carbocycles. The molecule has 0 aromatic carbocycles. The van der Waals surface area contributed by atoms with Crippen LogP contribution in [0.15, 0.2) is 34.9 Å². The van der Waals surface area contributed by atoms with Gasteiger partial charge in [-0.3, -0.25) is 9.78 Å². The average Bonchev–Trinajstić information content (AvgIpc) is 2.66. The molecule has 0 unspecified atom stereocenters. The molecule has 0 saturated heterocycles.